The standard InChI is InChI=1S/C32H50N4O9/c1-19(2)24(34-27(40)43-30(3,4)5)23(37)18-21(25(38)39)16-15-20-13-12-14-22(17-20)33-26(35-28(41)44-31(6,7)8)36-29(42)45-32(9,10)11/h12-14,17,19,21,24H,15-16,18H2,1-11H3,(H,34,40)(H,38,39)(H2,33,35,36,41,42)/t21?,24-/m0/s1. The molecule has 0 aliphatic rings. The molecule has 2 atom stereocenters. The lowest BCUT2D eigenvalue weighted by Gasteiger charge is -2.25. The maximum absolute atomic E-state index is 13.1. The van der Waals surface area contributed by atoms with Gasteiger partial charge < -0.3 is 24.6 Å². The summed E-state index contributed by atoms with van der Waals surface area (Å²) in [5, 5.41) is 17.3. The van der Waals surface area contributed by atoms with Gasteiger partial charge in [-0.15, -0.1) is 0 Å². The number of nitrogens with zero attached hydrogens (tertiary/aromatic N) is 1. The fraction of sp³-hybridized carbons (Fsp3) is 0.625. The normalized spacial score (nSPS) is 13.2. The summed E-state index contributed by atoms with van der Waals surface area (Å²) in [7, 11) is 0. The third-order valence-corrected chi connectivity index (χ3v) is 5.65. The van der Waals surface area contributed by atoms with Crippen molar-refractivity contribution >= 4 is 41.7 Å². The number of carboxylic acid groups (broad SMARTS) is 1. The van der Waals surface area contributed by atoms with Gasteiger partial charge in [0.15, 0.2) is 5.78 Å². The molecular formula is C32H50N4O9. The number of amides is 3. The quantitative estimate of drug-likeness (QED) is 0.139. The molecule has 0 aliphatic carbocycles. The Bertz CT molecular complexity index is 1210. The molecule has 1 aromatic carbocycles. The van der Waals surface area contributed by atoms with E-state index in [1.807, 2.05) is 0 Å². The molecular weight excluding hydrogens is 584 g/mol. The van der Waals surface area contributed by atoms with Crippen LogP contribution < -0.4 is 16.0 Å². The first-order valence-corrected chi connectivity index (χ1v) is 14.9. The largest absolute Gasteiger partial charge is 0.481 e. The van der Waals surface area contributed by atoms with Crippen LogP contribution in [0.1, 0.15) is 94.6 Å². The van der Waals surface area contributed by atoms with Crippen molar-refractivity contribution in [2.75, 3.05) is 0 Å². The average molecular weight is 635 g/mol. The Kier molecular flexibility index (Phi) is 14.0. The van der Waals surface area contributed by atoms with Gasteiger partial charge in [-0.2, -0.15) is 0 Å². The maximum Gasteiger partial charge on any atom is 0.414 e. The molecule has 4 N–H and O–H groups in total. The highest BCUT2D eigenvalue weighted by atomic mass is 16.6. The summed E-state index contributed by atoms with van der Waals surface area (Å²) >= 11 is 0. The lowest BCUT2D eigenvalue weighted by molar-refractivity contribution is -0.144. The van der Waals surface area contributed by atoms with Crippen LogP contribution in [0.25, 0.3) is 0 Å². The average Bonchev–Trinajstić information content (AvgIpc) is 2.81. The monoisotopic (exact) mass is 634 g/mol. The summed E-state index contributed by atoms with van der Waals surface area (Å²) in [5.41, 5.74) is -1.31. The number of ketones is 1. The highest BCUT2D eigenvalue weighted by Gasteiger charge is 2.31. The first-order valence-electron chi connectivity index (χ1n) is 14.9. The SMILES string of the molecule is CC(C)[C@H](NC(=O)OC(C)(C)C)C(=O)CC(CCc1cccc(N=C(NC(=O)OC(C)(C)C)NC(=O)OC(C)(C)C)c1)C(=O)O. The Labute approximate surface area is 265 Å². The third-order valence-electron chi connectivity index (χ3n) is 5.65. The Hall–Kier alpha value is -4.16. The van der Waals surface area contributed by atoms with Gasteiger partial charge in [-0.05, 0) is 98.8 Å². The number of benzene rings is 1. The fourth-order valence-corrected chi connectivity index (χ4v) is 3.88. The van der Waals surface area contributed by atoms with Crippen LogP contribution in [-0.4, -0.2) is 63.9 Å². The lowest BCUT2D eigenvalue weighted by Crippen LogP contribution is -2.47. The second-order valence-electron chi connectivity index (χ2n) is 14.0. The Morgan fingerprint density at radius 1 is 0.800 bits per heavy atom. The molecule has 252 valence electrons. The van der Waals surface area contributed by atoms with Crippen molar-refractivity contribution in [2.45, 2.75) is 118 Å². The molecule has 0 bridgehead atoms. The van der Waals surface area contributed by atoms with Crippen molar-refractivity contribution in [1.82, 2.24) is 16.0 Å². The van der Waals surface area contributed by atoms with Crippen LogP contribution in [0.4, 0.5) is 20.1 Å². The number of carbonyl (C=O) groups excluding carboxylic acids is 4. The molecule has 0 saturated heterocycles. The van der Waals surface area contributed by atoms with Crippen molar-refractivity contribution in [3.8, 4) is 0 Å². The molecule has 0 fully saturated rings. The first-order chi connectivity index (χ1) is 20.4. The van der Waals surface area contributed by atoms with Crippen LogP contribution >= 0.6 is 0 Å². The summed E-state index contributed by atoms with van der Waals surface area (Å²) in [5.74, 6) is -3.08. The summed E-state index contributed by atoms with van der Waals surface area (Å²) < 4.78 is 15.8. The van der Waals surface area contributed by atoms with E-state index in [9.17, 15) is 29.1 Å². The number of alkyl carbamates (subject to hydrolysis) is 3. The van der Waals surface area contributed by atoms with E-state index in [-0.39, 0.29) is 31.1 Å². The van der Waals surface area contributed by atoms with Crippen LogP contribution in [0, 0.1) is 11.8 Å². The van der Waals surface area contributed by atoms with Crippen LogP contribution in [0.15, 0.2) is 29.3 Å². The Morgan fingerprint density at radius 2 is 1.29 bits per heavy atom. The summed E-state index contributed by atoms with van der Waals surface area (Å²) in [6, 6.07) is 5.84. The zero-order chi connectivity index (χ0) is 34.8. The molecule has 0 radical (unpaired) electrons. The number of carbonyl (C=O) groups is 5. The van der Waals surface area contributed by atoms with Crippen molar-refractivity contribution < 1.29 is 43.3 Å². The second-order valence-corrected chi connectivity index (χ2v) is 14.0. The molecule has 0 saturated carbocycles. The predicted octanol–water partition coefficient (Wildman–Crippen LogP) is 5.87. The van der Waals surface area contributed by atoms with Crippen molar-refractivity contribution in [3.63, 3.8) is 0 Å². The zero-order valence-corrected chi connectivity index (χ0v) is 28.3. The third kappa shape index (κ3) is 17.1. The summed E-state index contributed by atoms with van der Waals surface area (Å²) in [4.78, 5) is 66.6. The van der Waals surface area contributed by atoms with Gasteiger partial charge in [0.2, 0.25) is 5.96 Å². The van der Waals surface area contributed by atoms with Gasteiger partial charge in [0, 0.05) is 6.42 Å². The summed E-state index contributed by atoms with van der Waals surface area (Å²) in [6.45, 7) is 18.7. The lowest BCUT2D eigenvalue weighted by atomic mass is 9.89. The van der Waals surface area contributed by atoms with E-state index < -0.39 is 58.8 Å². The van der Waals surface area contributed by atoms with Crippen molar-refractivity contribution in [3.05, 3.63) is 29.8 Å². The van der Waals surface area contributed by atoms with E-state index in [1.54, 1.807) is 100 Å². The second kappa shape index (κ2) is 16.2. The molecule has 13 heteroatoms. The molecule has 0 aromatic heterocycles. The number of hydrogen-bond acceptors (Lipinski definition) is 9. The topological polar surface area (TPSA) is 182 Å². The maximum atomic E-state index is 13.1. The van der Waals surface area contributed by atoms with E-state index in [0.29, 0.717) is 11.3 Å². The van der Waals surface area contributed by atoms with Crippen LogP contribution in [0.5, 0.6) is 0 Å². The summed E-state index contributed by atoms with van der Waals surface area (Å²) in [6.07, 6.45) is -2.30. The number of aliphatic carboxylic acids is 1. The number of nitrogens with one attached hydrogen (secondary N) is 3. The van der Waals surface area contributed by atoms with Crippen LogP contribution in [0.2, 0.25) is 0 Å². The molecule has 0 spiro atoms. The number of rotatable bonds is 10. The Balaban J connectivity index is 3.10. The molecule has 0 aliphatic heterocycles. The van der Waals surface area contributed by atoms with Gasteiger partial charge in [-0.3, -0.25) is 20.2 Å². The number of carboxylic acids is 1. The van der Waals surface area contributed by atoms with E-state index in [1.165, 1.54) is 0 Å². The van der Waals surface area contributed by atoms with Gasteiger partial charge in [0.05, 0.1) is 17.6 Å². The molecule has 0 heterocycles. The minimum Gasteiger partial charge on any atom is -0.481 e. The van der Waals surface area contributed by atoms with Crippen LogP contribution in [0.3, 0.4) is 0 Å². The molecule has 1 rings (SSSR count). The fourth-order valence-electron chi connectivity index (χ4n) is 3.88. The Morgan fingerprint density at radius 3 is 1.73 bits per heavy atom. The zero-order valence-electron chi connectivity index (χ0n) is 28.3. The molecule has 3 amide bonds. The number of aliphatic imine (C=N–C) groups is 1. The van der Waals surface area contributed by atoms with Crippen molar-refractivity contribution in [1.29, 1.82) is 0 Å². The number of ether oxygens (including phenoxy) is 3. The number of aryl methyl sites for hydroxylation is 1. The van der Waals surface area contributed by atoms with Crippen LogP contribution in [-0.2, 0) is 30.2 Å². The first kappa shape index (κ1) is 38.9. The highest BCUT2D eigenvalue weighted by molar-refractivity contribution is 6.02. The van der Waals surface area contributed by atoms with Gasteiger partial charge >= 0.3 is 24.2 Å². The van der Waals surface area contributed by atoms with E-state index in [2.05, 4.69) is 20.9 Å². The van der Waals surface area contributed by atoms with Gasteiger partial charge in [0.1, 0.15) is 16.8 Å². The number of hydrogen-bond donors (Lipinski definition) is 4. The minimum absolute atomic E-state index is 0.130. The molecule has 1 unspecified atom stereocenters. The van der Waals surface area contributed by atoms with Gasteiger partial charge in [0.25, 0.3) is 0 Å². The minimum atomic E-state index is -1.14. The molecule has 45 heavy (non-hydrogen) atoms. The highest BCUT2D eigenvalue weighted by Crippen LogP contribution is 2.21. The van der Waals surface area contributed by atoms with E-state index >= 15 is 0 Å². The van der Waals surface area contributed by atoms with Gasteiger partial charge in [-0.25, -0.2) is 19.4 Å². The number of guanidine groups is 1. The van der Waals surface area contributed by atoms with Gasteiger partial charge in [-0.1, -0.05) is 26.0 Å². The van der Waals surface area contributed by atoms with E-state index in [4.69, 9.17) is 14.2 Å². The number of Topliss-reactive ketones (excluding diaryl/α,β-unsaturated/α-hetero) is 1. The van der Waals surface area contributed by atoms with Crippen molar-refractivity contribution in [2.24, 2.45) is 16.8 Å². The van der Waals surface area contributed by atoms with E-state index in [0.717, 1.165) is 0 Å². The smallest absolute Gasteiger partial charge is 0.414 e. The predicted molar refractivity (Wildman–Crippen MR) is 169 cm³/mol. The molecule has 1 aromatic rings. The molecule has 13 nitrogen and oxygen atoms in total.